The van der Waals surface area contributed by atoms with E-state index in [-0.39, 0.29) is 0 Å². The van der Waals surface area contributed by atoms with Crippen LogP contribution in [0.15, 0.2) is 45.6 Å². The topological polar surface area (TPSA) is 50.3 Å². The van der Waals surface area contributed by atoms with E-state index in [9.17, 15) is 0 Å². The monoisotopic (exact) mass is 276 g/mol. The summed E-state index contributed by atoms with van der Waals surface area (Å²) in [5, 5.41) is 6.98. The molecule has 0 bridgehead atoms. The molecule has 2 atom stereocenters. The molecule has 0 aliphatic heterocycles. The second-order valence-electron chi connectivity index (χ2n) is 5.28. The lowest BCUT2D eigenvalue weighted by molar-refractivity contribution is 0.433. The molecule has 110 valence electrons. The van der Waals surface area contributed by atoms with Gasteiger partial charge in [0.2, 0.25) is 0 Å². The zero-order chi connectivity index (χ0) is 14.2. The Bertz CT molecular complexity index is 407. The molecule has 20 heavy (non-hydrogen) atoms. The number of furan rings is 2. The van der Waals surface area contributed by atoms with E-state index in [0.29, 0.717) is 12.1 Å². The third-order valence-corrected chi connectivity index (χ3v) is 3.29. The highest BCUT2D eigenvalue weighted by atomic mass is 16.3. The van der Waals surface area contributed by atoms with Crippen molar-refractivity contribution in [3.05, 3.63) is 48.3 Å². The van der Waals surface area contributed by atoms with Crippen LogP contribution in [0.3, 0.4) is 0 Å². The van der Waals surface area contributed by atoms with Crippen molar-refractivity contribution in [2.75, 3.05) is 13.1 Å². The lowest BCUT2D eigenvalue weighted by Gasteiger charge is -2.15. The van der Waals surface area contributed by atoms with Crippen molar-refractivity contribution < 1.29 is 8.83 Å². The van der Waals surface area contributed by atoms with Crippen molar-refractivity contribution in [1.29, 1.82) is 0 Å². The smallest absolute Gasteiger partial charge is 0.105 e. The average Bonchev–Trinajstić information content (AvgIpc) is 3.08. The van der Waals surface area contributed by atoms with Crippen molar-refractivity contribution in [2.24, 2.45) is 0 Å². The van der Waals surface area contributed by atoms with Crippen LogP contribution in [0.2, 0.25) is 0 Å². The zero-order valence-corrected chi connectivity index (χ0v) is 12.3. The van der Waals surface area contributed by atoms with E-state index in [0.717, 1.165) is 37.5 Å². The number of hydrogen-bond acceptors (Lipinski definition) is 4. The Kier molecular flexibility index (Phi) is 5.89. The largest absolute Gasteiger partial charge is 0.469 e. The molecule has 0 aromatic carbocycles. The summed E-state index contributed by atoms with van der Waals surface area (Å²) >= 11 is 0. The number of hydrogen-bond donors (Lipinski definition) is 2. The van der Waals surface area contributed by atoms with Crippen molar-refractivity contribution in [3.63, 3.8) is 0 Å². The Hall–Kier alpha value is -1.52. The van der Waals surface area contributed by atoms with Gasteiger partial charge in [-0.05, 0) is 38.1 Å². The molecule has 0 radical (unpaired) electrons. The third kappa shape index (κ3) is 5.23. The number of nitrogens with one attached hydrogen (secondary N) is 2. The van der Waals surface area contributed by atoms with Crippen LogP contribution in [0, 0.1) is 0 Å². The van der Waals surface area contributed by atoms with Gasteiger partial charge in [0.25, 0.3) is 0 Å². The van der Waals surface area contributed by atoms with Crippen LogP contribution in [0.4, 0.5) is 0 Å². The summed E-state index contributed by atoms with van der Waals surface area (Å²) in [7, 11) is 0. The molecule has 4 heteroatoms. The summed E-state index contributed by atoms with van der Waals surface area (Å²) in [6.07, 6.45) is 5.30. The predicted molar refractivity (Wildman–Crippen MR) is 79.8 cm³/mol. The van der Waals surface area contributed by atoms with Crippen LogP contribution >= 0.6 is 0 Å². The summed E-state index contributed by atoms with van der Waals surface area (Å²) in [6, 6.07) is 8.73. The molecule has 2 unspecified atom stereocenters. The van der Waals surface area contributed by atoms with Crippen LogP contribution in [-0.4, -0.2) is 25.2 Å². The standard InChI is InChI=1S/C16H24N2O2/c1-13(11-15-5-3-9-19-15)17-7-8-18-14(2)12-16-6-4-10-20-16/h3-6,9-10,13-14,17-18H,7-8,11-12H2,1-2H3. The van der Waals surface area contributed by atoms with E-state index in [1.165, 1.54) is 0 Å². The van der Waals surface area contributed by atoms with E-state index in [1.54, 1.807) is 12.5 Å². The molecule has 0 aliphatic rings. The first kappa shape index (κ1) is 14.9. The average molecular weight is 276 g/mol. The van der Waals surface area contributed by atoms with E-state index < -0.39 is 0 Å². The Labute approximate surface area is 120 Å². The molecule has 4 nitrogen and oxygen atoms in total. The number of rotatable bonds is 9. The van der Waals surface area contributed by atoms with Crippen LogP contribution < -0.4 is 10.6 Å². The van der Waals surface area contributed by atoms with Crippen LogP contribution in [0.25, 0.3) is 0 Å². The van der Waals surface area contributed by atoms with Gasteiger partial charge in [-0.25, -0.2) is 0 Å². The van der Waals surface area contributed by atoms with Gasteiger partial charge in [-0.3, -0.25) is 0 Å². The van der Waals surface area contributed by atoms with E-state index >= 15 is 0 Å². The van der Waals surface area contributed by atoms with Gasteiger partial charge in [0.1, 0.15) is 11.5 Å². The molecule has 2 heterocycles. The van der Waals surface area contributed by atoms with E-state index in [2.05, 4.69) is 24.5 Å². The van der Waals surface area contributed by atoms with Crippen molar-refractivity contribution >= 4 is 0 Å². The highest BCUT2D eigenvalue weighted by molar-refractivity contribution is 5.00. The maximum absolute atomic E-state index is 5.34. The fourth-order valence-electron chi connectivity index (χ4n) is 2.24. The normalized spacial score (nSPS) is 14.3. The summed E-state index contributed by atoms with van der Waals surface area (Å²) in [5.41, 5.74) is 0. The minimum absolute atomic E-state index is 0.420. The van der Waals surface area contributed by atoms with Gasteiger partial charge in [0.15, 0.2) is 0 Å². The molecule has 2 rings (SSSR count). The summed E-state index contributed by atoms with van der Waals surface area (Å²) in [5.74, 6) is 2.06. The molecule has 0 aliphatic carbocycles. The highest BCUT2D eigenvalue weighted by Crippen LogP contribution is 2.04. The Balaban J connectivity index is 1.54. The first-order valence-corrected chi connectivity index (χ1v) is 7.25. The highest BCUT2D eigenvalue weighted by Gasteiger charge is 2.06. The molecular weight excluding hydrogens is 252 g/mol. The second kappa shape index (κ2) is 7.92. The molecule has 0 saturated carbocycles. The SMILES string of the molecule is CC(Cc1ccco1)NCCNC(C)Cc1ccco1. The van der Waals surface area contributed by atoms with Gasteiger partial charge < -0.3 is 19.5 Å². The molecule has 2 N–H and O–H groups in total. The van der Waals surface area contributed by atoms with Gasteiger partial charge in [0, 0.05) is 38.0 Å². The van der Waals surface area contributed by atoms with Gasteiger partial charge in [-0.1, -0.05) is 0 Å². The van der Waals surface area contributed by atoms with Crippen molar-refractivity contribution in [2.45, 2.75) is 38.8 Å². The predicted octanol–water partition coefficient (Wildman–Crippen LogP) is 2.61. The molecule has 2 aromatic rings. The quantitative estimate of drug-likeness (QED) is 0.691. The lowest BCUT2D eigenvalue weighted by Crippen LogP contribution is -2.38. The molecule has 0 fully saturated rings. The summed E-state index contributed by atoms with van der Waals surface area (Å²) in [4.78, 5) is 0. The van der Waals surface area contributed by atoms with Crippen LogP contribution in [-0.2, 0) is 12.8 Å². The third-order valence-electron chi connectivity index (χ3n) is 3.29. The first-order valence-electron chi connectivity index (χ1n) is 7.25. The van der Waals surface area contributed by atoms with Gasteiger partial charge in [-0.2, -0.15) is 0 Å². The zero-order valence-electron chi connectivity index (χ0n) is 12.3. The molecular formula is C16H24N2O2. The summed E-state index contributed by atoms with van der Waals surface area (Å²) in [6.45, 7) is 6.25. The Morgan fingerprint density at radius 3 is 1.65 bits per heavy atom. The fourth-order valence-corrected chi connectivity index (χ4v) is 2.24. The van der Waals surface area contributed by atoms with Gasteiger partial charge in [-0.15, -0.1) is 0 Å². The Morgan fingerprint density at radius 1 is 0.850 bits per heavy atom. The van der Waals surface area contributed by atoms with E-state index in [1.807, 2.05) is 24.3 Å². The summed E-state index contributed by atoms with van der Waals surface area (Å²) < 4.78 is 10.7. The molecule has 2 aromatic heterocycles. The van der Waals surface area contributed by atoms with Crippen molar-refractivity contribution in [3.8, 4) is 0 Å². The first-order chi connectivity index (χ1) is 9.74. The fraction of sp³-hybridized carbons (Fsp3) is 0.500. The van der Waals surface area contributed by atoms with Crippen LogP contribution in [0.1, 0.15) is 25.4 Å². The maximum atomic E-state index is 5.34. The van der Waals surface area contributed by atoms with Gasteiger partial charge >= 0.3 is 0 Å². The molecule has 0 spiro atoms. The maximum Gasteiger partial charge on any atom is 0.105 e. The van der Waals surface area contributed by atoms with Crippen LogP contribution in [0.5, 0.6) is 0 Å². The lowest BCUT2D eigenvalue weighted by atomic mass is 10.2. The van der Waals surface area contributed by atoms with E-state index in [4.69, 9.17) is 8.83 Å². The minimum atomic E-state index is 0.420. The van der Waals surface area contributed by atoms with Crippen molar-refractivity contribution in [1.82, 2.24) is 10.6 Å². The van der Waals surface area contributed by atoms with Gasteiger partial charge in [0.05, 0.1) is 12.5 Å². The minimum Gasteiger partial charge on any atom is -0.469 e. The Morgan fingerprint density at radius 2 is 1.30 bits per heavy atom. The second-order valence-corrected chi connectivity index (χ2v) is 5.28. The molecule has 0 saturated heterocycles. The molecule has 0 amide bonds.